The molecule has 0 saturated heterocycles. The molecule has 2 aromatic rings. The lowest BCUT2D eigenvalue weighted by molar-refractivity contribution is 0.474. The van der Waals surface area contributed by atoms with E-state index in [1.165, 1.54) is 0 Å². The van der Waals surface area contributed by atoms with E-state index < -0.39 is 0 Å². The number of para-hydroxylation sites is 1. The van der Waals surface area contributed by atoms with Crippen LogP contribution < -0.4 is 0 Å². The van der Waals surface area contributed by atoms with Crippen molar-refractivity contribution in [2.75, 3.05) is 6.54 Å². The molecule has 0 aliphatic heterocycles. The Morgan fingerprint density at radius 1 is 1.37 bits per heavy atom. The molecule has 0 unspecified atom stereocenters. The van der Waals surface area contributed by atoms with Crippen LogP contribution in [-0.4, -0.2) is 26.9 Å². The van der Waals surface area contributed by atoms with E-state index in [4.69, 9.17) is 0 Å². The highest BCUT2D eigenvalue weighted by Gasteiger charge is 2.05. The molecular formula is C15H19N3O. The van der Waals surface area contributed by atoms with Gasteiger partial charge in [0.2, 0.25) is 0 Å². The van der Waals surface area contributed by atoms with Gasteiger partial charge in [-0.3, -0.25) is 4.99 Å². The second-order valence-corrected chi connectivity index (χ2v) is 4.35. The molecule has 0 spiro atoms. The Balaban J connectivity index is 1.94. The van der Waals surface area contributed by atoms with Crippen molar-refractivity contribution in [1.82, 2.24) is 9.55 Å². The summed E-state index contributed by atoms with van der Waals surface area (Å²) in [4.78, 5) is 8.60. The Kier molecular flexibility index (Phi) is 4.72. The van der Waals surface area contributed by atoms with Crippen molar-refractivity contribution in [3.63, 3.8) is 0 Å². The summed E-state index contributed by atoms with van der Waals surface area (Å²) < 4.78 is 2.04. The van der Waals surface area contributed by atoms with Gasteiger partial charge in [0.15, 0.2) is 0 Å². The Hall–Kier alpha value is -2.10. The third-order valence-electron chi connectivity index (χ3n) is 2.99. The number of hydrogen-bond acceptors (Lipinski definition) is 3. The normalized spacial score (nSPS) is 11.7. The Bertz CT molecular complexity index is 532. The van der Waals surface area contributed by atoms with Gasteiger partial charge in [0.05, 0.1) is 6.33 Å². The van der Waals surface area contributed by atoms with Crippen molar-refractivity contribution < 1.29 is 5.11 Å². The third-order valence-corrected chi connectivity index (χ3v) is 2.99. The minimum atomic E-state index is 0.303. The van der Waals surface area contributed by atoms with Crippen molar-refractivity contribution in [3.05, 3.63) is 48.5 Å². The molecule has 0 aliphatic rings. The van der Waals surface area contributed by atoms with Crippen LogP contribution in [0.15, 0.2) is 48.0 Å². The molecule has 1 aromatic heterocycles. The summed E-state index contributed by atoms with van der Waals surface area (Å²) in [6, 6.07) is 7.36. The van der Waals surface area contributed by atoms with Crippen LogP contribution in [0.4, 0.5) is 0 Å². The second kappa shape index (κ2) is 6.73. The van der Waals surface area contributed by atoms with E-state index in [1.807, 2.05) is 35.3 Å². The molecule has 1 heterocycles. The lowest BCUT2D eigenvalue weighted by Crippen LogP contribution is -2.03. The number of nitrogens with zero attached hydrogens (tertiary/aromatic N) is 3. The molecule has 0 saturated carbocycles. The zero-order chi connectivity index (χ0) is 13.5. The molecule has 0 aliphatic carbocycles. The zero-order valence-electron chi connectivity index (χ0n) is 11.2. The first kappa shape index (κ1) is 13.3. The van der Waals surface area contributed by atoms with Gasteiger partial charge in [0, 0.05) is 36.8 Å². The molecule has 4 nitrogen and oxygen atoms in total. The standard InChI is InChI=1S/C15H19N3O/c1-2-14(13-6-3-4-7-15(13)19)17-8-5-10-18-11-9-16-12-18/h3-4,6-7,9,11-12,19H,2,5,8,10H2,1H3/b17-14+. The van der Waals surface area contributed by atoms with Gasteiger partial charge in [-0.15, -0.1) is 0 Å². The van der Waals surface area contributed by atoms with Crippen LogP contribution in [-0.2, 0) is 6.54 Å². The van der Waals surface area contributed by atoms with E-state index >= 15 is 0 Å². The second-order valence-electron chi connectivity index (χ2n) is 4.35. The van der Waals surface area contributed by atoms with E-state index in [9.17, 15) is 5.11 Å². The number of rotatable bonds is 6. The molecule has 0 bridgehead atoms. The molecule has 0 radical (unpaired) electrons. The number of aliphatic imine (C=N–C) groups is 1. The highest BCUT2D eigenvalue weighted by atomic mass is 16.3. The van der Waals surface area contributed by atoms with Crippen LogP contribution in [0.3, 0.4) is 0 Å². The summed E-state index contributed by atoms with van der Waals surface area (Å²) in [6.07, 6.45) is 7.33. The summed E-state index contributed by atoms with van der Waals surface area (Å²) in [5, 5.41) is 9.83. The highest BCUT2D eigenvalue weighted by Crippen LogP contribution is 2.18. The maximum atomic E-state index is 9.83. The largest absolute Gasteiger partial charge is 0.507 e. The van der Waals surface area contributed by atoms with E-state index in [1.54, 1.807) is 12.3 Å². The Labute approximate surface area is 113 Å². The lowest BCUT2D eigenvalue weighted by Gasteiger charge is -2.07. The number of hydrogen-bond donors (Lipinski definition) is 1. The number of aromatic hydroxyl groups is 1. The first-order valence-electron chi connectivity index (χ1n) is 6.58. The minimum absolute atomic E-state index is 0.303. The molecule has 100 valence electrons. The fraction of sp³-hybridized carbons (Fsp3) is 0.333. The summed E-state index contributed by atoms with van der Waals surface area (Å²) in [5.41, 5.74) is 1.80. The first-order valence-corrected chi connectivity index (χ1v) is 6.58. The van der Waals surface area contributed by atoms with E-state index in [-0.39, 0.29) is 0 Å². The summed E-state index contributed by atoms with van der Waals surface area (Å²) in [6.45, 7) is 3.73. The van der Waals surface area contributed by atoms with Crippen LogP contribution in [0.5, 0.6) is 5.75 Å². The molecule has 19 heavy (non-hydrogen) atoms. The van der Waals surface area contributed by atoms with Gasteiger partial charge in [-0.1, -0.05) is 19.1 Å². The quantitative estimate of drug-likeness (QED) is 0.639. The van der Waals surface area contributed by atoms with Gasteiger partial charge in [-0.25, -0.2) is 4.98 Å². The maximum Gasteiger partial charge on any atom is 0.124 e. The predicted octanol–water partition coefficient (Wildman–Crippen LogP) is 2.88. The fourth-order valence-electron chi connectivity index (χ4n) is 1.99. The summed E-state index contributed by atoms with van der Waals surface area (Å²) in [5.74, 6) is 0.303. The molecule has 0 amide bonds. The van der Waals surface area contributed by atoms with Crippen LogP contribution in [0.1, 0.15) is 25.3 Å². The predicted molar refractivity (Wildman–Crippen MR) is 76.6 cm³/mol. The number of phenolic OH excluding ortho intramolecular Hbond substituents is 1. The topological polar surface area (TPSA) is 50.4 Å². The van der Waals surface area contributed by atoms with Gasteiger partial charge < -0.3 is 9.67 Å². The number of aromatic nitrogens is 2. The maximum absolute atomic E-state index is 9.83. The van der Waals surface area contributed by atoms with E-state index in [0.29, 0.717) is 5.75 Å². The molecule has 4 heteroatoms. The minimum Gasteiger partial charge on any atom is -0.507 e. The summed E-state index contributed by atoms with van der Waals surface area (Å²) in [7, 11) is 0. The average molecular weight is 257 g/mol. The lowest BCUT2D eigenvalue weighted by atomic mass is 10.1. The molecule has 2 rings (SSSR count). The Morgan fingerprint density at radius 3 is 2.89 bits per heavy atom. The number of phenols is 1. The fourth-order valence-corrected chi connectivity index (χ4v) is 1.99. The van der Waals surface area contributed by atoms with Crippen LogP contribution >= 0.6 is 0 Å². The van der Waals surface area contributed by atoms with Crippen LogP contribution in [0.2, 0.25) is 0 Å². The van der Waals surface area contributed by atoms with Crippen molar-refractivity contribution in [2.24, 2.45) is 4.99 Å². The number of aryl methyl sites for hydroxylation is 1. The molecule has 0 atom stereocenters. The Morgan fingerprint density at radius 2 is 2.21 bits per heavy atom. The van der Waals surface area contributed by atoms with Gasteiger partial charge in [0.25, 0.3) is 0 Å². The van der Waals surface area contributed by atoms with Crippen molar-refractivity contribution in [3.8, 4) is 5.75 Å². The SMILES string of the molecule is CC/C(=N\CCCn1ccnc1)c1ccccc1O. The average Bonchev–Trinajstić information content (AvgIpc) is 2.93. The third kappa shape index (κ3) is 3.68. The van der Waals surface area contributed by atoms with Crippen molar-refractivity contribution >= 4 is 5.71 Å². The highest BCUT2D eigenvalue weighted by molar-refractivity contribution is 6.02. The summed E-state index contributed by atoms with van der Waals surface area (Å²) >= 11 is 0. The van der Waals surface area contributed by atoms with Gasteiger partial charge in [0.1, 0.15) is 5.75 Å². The van der Waals surface area contributed by atoms with Crippen molar-refractivity contribution in [1.29, 1.82) is 0 Å². The molecule has 0 fully saturated rings. The smallest absolute Gasteiger partial charge is 0.124 e. The van der Waals surface area contributed by atoms with Crippen LogP contribution in [0, 0.1) is 0 Å². The molecule has 1 aromatic carbocycles. The van der Waals surface area contributed by atoms with Gasteiger partial charge in [-0.2, -0.15) is 0 Å². The molecular weight excluding hydrogens is 238 g/mol. The first-order chi connectivity index (χ1) is 9.31. The van der Waals surface area contributed by atoms with Crippen LogP contribution in [0.25, 0.3) is 0 Å². The number of benzene rings is 1. The van der Waals surface area contributed by atoms with Gasteiger partial charge >= 0.3 is 0 Å². The van der Waals surface area contributed by atoms with E-state index in [2.05, 4.69) is 16.9 Å². The molecule has 1 N–H and O–H groups in total. The zero-order valence-corrected chi connectivity index (χ0v) is 11.2. The van der Waals surface area contributed by atoms with Crippen molar-refractivity contribution in [2.45, 2.75) is 26.3 Å². The van der Waals surface area contributed by atoms with Gasteiger partial charge in [-0.05, 0) is 25.0 Å². The monoisotopic (exact) mass is 257 g/mol. The number of imidazole rings is 1. The van der Waals surface area contributed by atoms with E-state index in [0.717, 1.165) is 37.2 Å².